The fourth-order valence-electron chi connectivity index (χ4n) is 11.4. The zero-order valence-electron chi connectivity index (χ0n) is 37.5. The zero-order valence-corrected chi connectivity index (χ0v) is 38.5. The van der Waals surface area contributed by atoms with Crippen molar-refractivity contribution in [1.29, 1.82) is 0 Å². The first-order valence-electron chi connectivity index (χ1n) is 23.6. The fraction of sp³-hybridized carbons (Fsp3) is 0.143. The number of rotatable bonds is 10. The molecule has 0 saturated heterocycles. The summed E-state index contributed by atoms with van der Waals surface area (Å²) in [4.78, 5) is 2.55. The monoisotopic (exact) mass is 853 g/mol. The normalized spacial score (nSPS) is 14.4. The van der Waals surface area contributed by atoms with Crippen LogP contribution in [0.5, 0.6) is 0 Å². The highest BCUT2D eigenvalue weighted by atomic mass is 28.3. The smallest absolute Gasteiger partial charge is 0.179 e. The van der Waals surface area contributed by atoms with Gasteiger partial charge < -0.3 is 4.90 Å². The minimum atomic E-state index is -2.73. The highest BCUT2D eigenvalue weighted by Gasteiger charge is 2.42. The Bertz CT molecular complexity index is 2970. The molecule has 0 bridgehead atoms. The molecule has 1 nitrogen and oxygen atoms in total. The molecule has 0 aliphatic heterocycles. The maximum Gasteiger partial charge on any atom is 0.179 e. The van der Waals surface area contributed by atoms with Gasteiger partial charge in [0.05, 0.1) is 5.69 Å². The van der Waals surface area contributed by atoms with Crippen molar-refractivity contribution >= 4 is 45.9 Å². The van der Waals surface area contributed by atoms with E-state index >= 15 is 0 Å². The number of hydrogen-bond donors (Lipinski definition) is 0. The predicted octanol–water partition coefficient (Wildman–Crippen LogP) is 14.2. The first-order chi connectivity index (χ1) is 32.0. The van der Waals surface area contributed by atoms with Crippen molar-refractivity contribution in [3.63, 3.8) is 0 Å². The summed E-state index contributed by atoms with van der Waals surface area (Å²) in [5, 5.41) is 5.49. The van der Waals surface area contributed by atoms with Crippen LogP contribution in [0.2, 0.25) is 0 Å². The van der Waals surface area contributed by atoms with E-state index in [2.05, 4.69) is 249 Å². The Morgan fingerprint density at radius 3 is 1.48 bits per heavy atom. The molecule has 1 fully saturated rings. The molecule has 2 aliphatic carbocycles. The number of fused-ring (bicyclic) bond motifs is 3. The van der Waals surface area contributed by atoms with Crippen LogP contribution in [0.15, 0.2) is 231 Å². The van der Waals surface area contributed by atoms with Crippen molar-refractivity contribution in [3.8, 4) is 33.4 Å². The van der Waals surface area contributed by atoms with Crippen LogP contribution in [0.25, 0.3) is 33.4 Å². The summed E-state index contributed by atoms with van der Waals surface area (Å²) >= 11 is 0. The standard InChI is InChI=1S/C63H55NSi/c1-63(2)59-35-21-34-56(47-24-11-4-12-25-47)62(59)57-42-39-51(45-60(57)63)64(61-43-36-49(46-22-9-3-10-23-46)44-58(61)48-26-13-5-14-27-48)50-37-40-55(41-38-50)65(52-28-15-6-16-29-52,53-30-17-7-18-31-53)54-32-19-8-20-33-54/h4-8,11-21,24-46H,3,9-10,22-23H2,1-2H3. The first-order valence-corrected chi connectivity index (χ1v) is 25.6. The minimum absolute atomic E-state index is 0.194. The summed E-state index contributed by atoms with van der Waals surface area (Å²) < 4.78 is 0. The van der Waals surface area contributed by atoms with Crippen LogP contribution < -0.4 is 25.6 Å². The van der Waals surface area contributed by atoms with E-state index in [1.165, 1.54) is 114 Å². The zero-order chi connectivity index (χ0) is 43.8. The molecule has 0 spiro atoms. The number of nitrogens with zero attached hydrogens (tertiary/aromatic N) is 1. The topological polar surface area (TPSA) is 3.24 Å². The van der Waals surface area contributed by atoms with E-state index in [9.17, 15) is 0 Å². The summed E-state index contributed by atoms with van der Waals surface area (Å²) in [7, 11) is -2.73. The number of anilines is 3. The molecule has 0 unspecified atom stereocenters. The average molecular weight is 854 g/mol. The Kier molecular flexibility index (Phi) is 10.8. The predicted molar refractivity (Wildman–Crippen MR) is 279 cm³/mol. The second-order valence-electron chi connectivity index (χ2n) is 18.7. The fourth-order valence-corrected chi connectivity index (χ4v) is 16.2. The Labute approximate surface area is 386 Å². The van der Waals surface area contributed by atoms with Crippen molar-refractivity contribution in [3.05, 3.63) is 247 Å². The summed E-state index contributed by atoms with van der Waals surface area (Å²) in [5.41, 5.74) is 15.3. The molecule has 2 aliphatic rings. The summed E-state index contributed by atoms with van der Waals surface area (Å²) in [5.74, 6) is 0.596. The molecule has 9 aromatic carbocycles. The van der Waals surface area contributed by atoms with Crippen LogP contribution in [0.4, 0.5) is 17.1 Å². The van der Waals surface area contributed by atoms with Crippen LogP contribution >= 0.6 is 0 Å². The minimum Gasteiger partial charge on any atom is -0.310 e. The van der Waals surface area contributed by atoms with Crippen molar-refractivity contribution in [1.82, 2.24) is 0 Å². The molecule has 1 saturated carbocycles. The molecule has 9 aromatic rings. The van der Waals surface area contributed by atoms with E-state index in [0.717, 1.165) is 5.69 Å². The Balaban J connectivity index is 1.13. The van der Waals surface area contributed by atoms with Gasteiger partial charge in [-0.05, 0) is 120 Å². The molecular weight excluding hydrogens is 799 g/mol. The summed E-state index contributed by atoms with van der Waals surface area (Å²) in [6.07, 6.45) is 6.49. The lowest BCUT2D eigenvalue weighted by atomic mass is 9.81. The van der Waals surface area contributed by atoms with Gasteiger partial charge >= 0.3 is 0 Å². The molecular formula is C63H55NSi. The third-order valence-corrected chi connectivity index (χ3v) is 19.4. The Morgan fingerprint density at radius 2 is 0.908 bits per heavy atom. The molecule has 316 valence electrons. The van der Waals surface area contributed by atoms with Gasteiger partial charge in [-0.3, -0.25) is 0 Å². The molecule has 0 heterocycles. The van der Waals surface area contributed by atoms with Gasteiger partial charge in [0, 0.05) is 22.4 Å². The van der Waals surface area contributed by atoms with Gasteiger partial charge in [0.1, 0.15) is 0 Å². The second-order valence-corrected chi connectivity index (χ2v) is 22.5. The molecule has 0 amide bonds. The highest BCUT2D eigenvalue weighted by molar-refractivity contribution is 7.19. The van der Waals surface area contributed by atoms with Crippen LogP contribution in [-0.4, -0.2) is 8.07 Å². The lowest BCUT2D eigenvalue weighted by molar-refractivity contribution is 0.444. The van der Waals surface area contributed by atoms with Gasteiger partial charge in [-0.2, -0.15) is 0 Å². The summed E-state index contributed by atoms with van der Waals surface area (Å²) in [6, 6.07) is 87.0. The number of hydrogen-bond acceptors (Lipinski definition) is 1. The molecule has 11 rings (SSSR count). The molecule has 0 radical (unpaired) electrons. The van der Waals surface area contributed by atoms with Gasteiger partial charge in [-0.25, -0.2) is 0 Å². The van der Waals surface area contributed by atoms with Gasteiger partial charge in [-0.15, -0.1) is 0 Å². The van der Waals surface area contributed by atoms with Gasteiger partial charge in [-0.1, -0.05) is 227 Å². The van der Waals surface area contributed by atoms with E-state index in [-0.39, 0.29) is 5.41 Å². The Morgan fingerprint density at radius 1 is 0.400 bits per heavy atom. The van der Waals surface area contributed by atoms with E-state index in [4.69, 9.17) is 0 Å². The van der Waals surface area contributed by atoms with Crippen LogP contribution in [0, 0.1) is 0 Å². The van der Waals surface area contributed by atoms with Crippen LogP contribution in [0.3, 0.4) is 0 Å². The van der Waals surface area contributed by atoms with E-state index in [1.54, 1.807) is 0 Å². The molecule has 0 atom stereocenters. The van der Waals surface area contributed by atoms with E-state index in [0.29, 0.717) is 5.92 Å². The molecule has 65 heavy (non-hydrogen) atoms. The average Bonchev–Trinajstić information content (AvgIpc) is 3.61. The van der Waals surface area contributed by atoms with Crippen molar-refractivity contribution in [2.45, 2.75) is 57.3 Å². The summed E-state index contributed by atoms with van der Waals surface area (Å²) in [6.45, 7) is 4.81. The third-order valence-electron chi connectivity index (χ3n) is 14.6. The SMILES string of the molecule is CC1(C)c2cc(N(c3ccc([Si](c4ccccc4)(c4ccccc4)c4ccccc4)cc3)c3ccc(C4CCCCC4)cc3-c3ccccc3)ccc2-c2c(-c3ccccc3)cccc21. The molecule has 2 heteroatoms. The third kappa shape index (κ3) is 7.18. The maximum atomic E-state index is 2.55. The maximum absolute atomic E-state index is 2.73. The van der Waals surface area contributed by atoms with Crippen LogP contribution in [-0.2, 0) is 5.41 Å². The lowest BCUT2D eigenvalue weighted by Gasteiger charge is -2.35. The molecule has 0 aromatic heterocycles. The highest BCUT2D eigenvalue weighted by Crippen LogP contribution is 2.54. The van der Waals surface area contributed by atoms with Crippen molar-refractivity contribution in [2.75, 3.05) is 4.90 Å². The number of benzene rings is 9. The lowest BCUT2D eigenvalue weighted by Crippen LogP contribution is -2.74. The Hall–Kier alpha value is -7.00. The quantitative estimate of drug-likeness (QED) is 0.0979. The van der Waals surface area contributed by atoms with E-state index in [1.807, 2.05) is 0 Å². The van der Waals surface area contributed by atoms with Gasteiger partial charge in [0.15, 0.2) is 8.07 Å². The largest absolute Gasteiger partial charge is 0.310 e. The van der Waals surface area contributed by atoms with Crippen molar-refractivity contribution < 1.29 is 0 Å². The van der Waals surface area contributed by atoms with Gasteiger partial charge in [0.2, 0.25) is 0 Å². The van der Waals surface area contributed by atoms with Crippen LogP contribution in [0.1, 0.15) is 68.6 Å². The first kappa shape index (κ1) is 40.8. The second kappa shape index (κ2) is 17.2. The molecule has 0 N–H and O–H groups in total. The van der Waals surface area contributed by atoms with Gasteiger partial charge in [0.25, 0.3) is 0 Å². The van der Waals surface area contributed by atoms with Crippen molar-refractivity contribution in [2.24, 2.45) is 0 Å². The van der Waals surface area contributed by atoms with E-state index < -0.39 is 8.07 Å².